The van der Waals surface area contributed by atoms with Crippen LogP contribution in [0.4, 0.5) is 5.69 Å². The minimum atomic E-state index is 0.517. The van der Waals surface area contributed by atoms with Gasteiger partial charge in [0.25, 0.3) is 0 Å². The normalized spacial score (nSPS) is 22.4. The first kappa shape index (κ1) is 9.81. The number of anilines is 1. The fraction of sp³-hybridized carbons (Fsp3) is 0.455. The molecule has 1 aliphatic rings. The summed E-state index contributed by atoms with van der Waals surface area (Å²) in [6.45, 7) is 5.32. The summed E-state index contributed by atoms with van der Waals surface area (Å²) < 4.78 is 0. The molecular weight excluding hydrogens is 196 g/mol. The molecule has 0 aromatic heterocycles. The Bertz CT molecular complexity index is 314. The van der Waals surface area contributed by atoms with E-state index >= 15 is 0 Å². The summed E-state index contributed by atoms with van der Waals surface area (Å²) in [4.78, 5) is 2.36. The van der Waals surface area contributed by atoms with Gasteiger partial charge >= 0.3 is 0 Å². The van der Waals surface area contributed by atoms with E-state index in [1.165, 1.54) is 0 Å². The van der Waals surface area contributed by atoms with Gasteiger partial charge in [-0.15, -0.1) is 0 Å². The molecule has 76 valence electrons. The van der Waals surface area contributed by atoms with Crippen LogP contribution in [-0.4, -0.2) is 25.7 Å². The van der Waals surface area contributed by atoms with Crippen LogP contribution in [-0.2, 0) is 0 Å². The predicted octanol–water partition coefficient (Wildman–Crippen LogP) is 2.14. The summed E-state index contributed by atoms with van der Waals surface area (Å²) in [5.74, 6) is 0. The van der Waals surface area contributed by atoms with Gasteiger partial charge in [-0.3, -0.25) is 0 Å². The monoisotopic (exact) mass is 210 g/mol. The van der Waals surface area contributed by atoms with Crippen LogP contribution in [0.1, 0.15) is 6.92 Å². The van der Waals surface area contributed by atoms with Crippen molar-refractivity contribution in [3.05, 3.63) is 29.3 Å². The van der Waals surface area contributed by atoms with Gasteiger partial charge in [0, 0.05) is 25.7 Å². The van der Waals surface area contributed by atoms with E-state index < -0.39 is 0 Å². The topological polar surface area (TPSA) is 15.3 Å². The van der Waals surface area contributed by atoms with Crippen LogP contribution in [0.2, 0.25) is 5.02 Å². The first-order valence-corrected chi connectivity index (χ1v) is 5.39. The Morgan fingerprint density at radius 3 is 2.93 bits per heavy atom. The quantitative estimate of drug-likeness (QED) is 0.764. The average Bonchev–Trinajstić information content (AvgIpc) is 2.20. The van der Waals surface area contributed by atoms with Crippen molar-refractivity contribution < 1.29 is 0 Å². The van der Waals surface area contributed by atoms with Crippen molar-refractivity contribution in [2.75, 3.05) is 24.5 Å². The maximum atomic E-state index is 6.16. The lowest BCUT2D eigenvalue weighted by Crippen LogP contribution is -2.50. The van der Waals surface area contributed by atoms with E-state index in [1.54, 1.807) is 0 Å². The maximum absolute atomic E-state index is 6.16. The van der Waals surface area contributed by atoms with Crippen molar-refractivity contribution in [3.63, 3.8) is 0 Å². The van der Waals surface area contributed by atoms with Crippen molar-refractivity contribution in [2.24, 2.45) is 0 Å². The number of para-hydroxylation sites is 1. The molecular formula is C11H15ClN2. The van der Waals surface area contributed by atoms with Crippen LogP contribution >= 0.6 is 11.6 Å². The second-order valence-electron chi connectivity index (χ2n) is 3.70. The minimum absolute atomic E-state index is 0.517. The molecule has 3 heteroatoms. The van der Waals surface area contributed by atoms with E-state index in [-0.39, 0.29) is 0 Å². The van der Waals surface area contributed by atoms with E-state index in [9.17, 15) is 0 Å². The number of nitrogens with one attached hydrogen (secondary N) is 1. The third-order valence-electron chi connectivity index (χ3n) is 2.66. The van der Waals surface area contributed by atoms with E-state index in [0.29, 0.717) is 6.04 Å². The first-order valence-electron chi connectivity index (χ1n) is 5.01. The minimum Gasteiger partial charge on any atom is -0.365 e. The molecule has 1 N–H and O–H groups in total. The van der Waals surface area contributed by atoms with Crippen molar-refractivity contribution >= 4 is 17.3 Å². The zero-order chi connectivity index (χ0) is 9.97. The molecule has 0 radical (unpaired) electrons. The number of rotatable bonds is 1. The number of nitrogens with zero attached hydrogens (tertiary/aromatic N) is 1. The predicted molar refractivity (Wildman–Crippen MR) is 61.1 cm³/mol. The summed E-state index contributed by atoms with van der Waals surface area (Å²) in [5, 5.41) is 4.22. The third-order valence-corrected chi connectivity index (χ3v) is 2.98. The number of hydrogen-bond acceptors (Lipinski definition) is 2. The second-order valence-corrected chi connectivity index (χ2v) is 4.11. The van der Waals surface area contributed by atoms with Crippen LogP contribution in [0.3, 0.4) is 0 Å². The van der Waals surface area contributed by atoms with Gasteiger partial charge in [0.2, 0.25) is 0 Å². The van der Waals surface area contributed by atoms with Crippen molar-refractivity contribution in [1.82, 2.24) is 5.32 Å². The highest BCUT2D eigenvalue weighted by Gasteiger charge is 2.19. The molecule has 1 heterocycles. The number of halogens is 1. The Labute approximate surface area is 89.9 Å². The van der Waals surface area contributed by atoms with E-state index in [2.05, 4.69) is 23.2 Å². The molecule has 0 spiro atoms. The molecule has 1 aliphatic heterocycles. The smallest absolute Gasteiger partial charge is 0.0639 e. The molecule has 2 rings (SSSR count). The summed E-state index contributed by atoms with van der Waals surface area (Å²) in [5.41, 5.74) is 1.16. The van der Waals surface area contributed by atoms with Crippen molar-refractivity contribution in [2.45, 2.75) is 13.0 Å². The molecule has 1 unspecified atom stereocenters. The SMILES string of the molecule is CC1CNCCN1c1ccccc1Cl. The molecule has 2 nitrogen and oxygen atoms in total. The molecule has 0 aliphatic carbocycles. The Morgan fingerprint density at radius 2 is 2.21 bits per heavy atom. The average molecular weight is 211 g/mol. The van der Waals surface area contributed by atoms with Gasteiger partial charge in [-0.1, -0.05) is 23.7 Å². The lowest BCUT2D eigenvalue weighted by atomic mass is 10.2. The highest BCUT2D eigenvalue weighted by atomic mass is 35.5. The fourth-order valence-corrected chi connectivity index (χ4v) is 2.13. The lowest BCUT2D eigenvalue weighted by molar-refractivity contribution is 0.501. The maximum Gasteiger partial charge on any atom is 0.0639 e. The number of piperazine rings is 1. The zero-order valence-electron chi connectivity index (χ0n) is 8.33. The van der Waals surface area contributed by atoms with Crippen LogP contribution in [0.5, 0.6) is 0 Å². The molecule has 1 atom stereocenters. The molecule has 0 bridgehead atoms. The number of benzene rings is 1. The Kier molecular flexibility index (Phi) is 2.94. The lowest BCUT2D eigenvalue weighted by Gasteiger charge is -2.36. The van der Waals surface area contributed by atoms with Gasteiger partial charge in [-0.2, -0.15) is 0 Å². The molecule has 1 aromatic rings. The summed E-state index contributed by atoms with van der Waals surface area (Å²) in [7, 11) is 0. The van der Waals surface area contributed by atoms with Gasteiger partial charge in [-0.05, 0) is 19.1 Å². The molecule has 14 heavy (non-hydrogen) atoms. The van der Waals surface area contributed by atoms with Gasteiger partial charge < -0.3 is 10.2 Å². The first-order chi connectivity index (χ1) is 6.79. The van der Waals surface area contributed by atoms with Crippen LogP contribution < -0.4 is 10.2 Å². The highest BCUT2D eigenvalue weighted by Crippen LogP contribution is 2.27. The van der Waals surface area contributed by atoms with Crippen LogP contribution in [0, 0.1) is 0 Å². The van der Waals surface area contributed by atoms with E-state index in [0.717, 1.165) is 30.3 Å². The Hall–Kier alpha value is -0.730. The second kappa shape index (κ2) is 4.20. The Morgan fingerprint density at radius 1 is 1.43 bits per heavy atom. The van der Waals surface area contributed by atoms with Crippen molar-refractivity contribution in [3.8, 4) is 0 Å². The van der Waals surface area contributed by atoms with Gasteiger partial charge in [-0.25, -0.2) is 0 Å². The molecule has 1 aromatic carbocycles. The fourth-order valence-electron chi connectivity index (χ4n) is 1.88. The van der Waals surface area contributed by atoms with Gasteiger partial charge in [0.05, 0.1) is 10.7 Å². The highest BCUT2D eigenvalue weighted by molar-refractivity contribution is 6.33. The molecule has 1 saturated heterocycles. The van der Waals surface area contributed by atoms with Gasteiger partial charge in [0.1, 0.15) is 0 Å². The zero-order valence-corrected chi connectivity index (χ0v) is 9.09. The largest absolute Gasteiger partial charge is 0.365 e. The molecule has 1 fully saturated rings. The number of hydrogen-bond donors (Lipinski definition) is 1. The standard InChI is InChI=1S/C11H15ClN2/c1-9-8-13-6-7-14(9)11-5-3-2-4-10(11)12/h2-5,9,13H,6-8H2,1H3. The Balaban J connectivity index is 2.25. The van der Waals surface area contributed by atoms with E-state index in [1.807, 2.05) is 18.2 Å². The molecule has 0 saturated carbocycles. The van der Waals surface area contributed by atoms with Gasteiger partial charge in [0.15, 0.2) is 0 Å². The summed E-state index contributed by atoms with van der Waals surface area (Å²) in [6.07, 6.45) is 0. The van der Waals surface area contributed by atoms with E-state index in [4.69, 9.17) is 11.6 Å². The van der Waals surface area contributed by atoms with Crippen LogP contribution in [0.25, 0.3) is 0 Å². The summed E-state index contributed by atoms with van der Waals surface area (Å²) in [6, 6.07) is 8.56. The molecule has 0 amide bonds. The van der Waals surface area contributed by atoms with Crippen LogP contribution in [0.15, 0.2) is 24.3 Å². The summed E-state index contributed by atoms with van der Waals surface area (Å²) >= 11 is 6.16. The van der Waals surface area contributed by atoms with Crippen molar-refractivity contribution in [1.29, 1.82) is 0 Å². The third kappa shape index (κ3) is 1.86.